The molecule has 0 spiro atoms. The third kappa shape index (κ3) is 2.78. The number of nitrogens with zero attached hydrogens (tertiary/aromatic N) is 4. The average molecular weight is 310 g/mol. The van der Waals surface area contributed by atoms with Crippen molar-refractivity contribution in [3.8, 4) is 0 Å². The van der Waals surface area contributed by atoms with Gasteiger partial charge in [0.05, 0.1) is 23.5 Å². The van der Waals surface area contributed by atoms with Gasteiger partial charge in [0.15, 0.2) is 5.16 Å². The van der Waals surface area contributed by atoms with E-state index in [-0.39, 0.29) is 0 Å². The molecule has 96 valence electrons. The van der Waals surface area contributed by atoms with Crippen molar-refractivity contribution in [3.63, 3.8) is 0 Å². The van der Waals surface area contributed by atoms with Crippen LogP contribution >= 0.6 is 34.7 Å². The van der Waals surface area contributed by atoms with Crippen LogP contribution in [-0.4, -0.2) is 19.9 Å². The Kier molecular flexibility index (Phi) is 3.50. The predicted molar refractivity (Wildman–Crippen MR) is 78.4 cm³/mol. The molecule has 0 aliphatic heterocycles. The van der Waals surface area contributed by atoms with Gasteiger partial charge < -0.3 is 5.73 Å². The highest BCUT2D eigenvalue weighted by atomic mass is 35.5. The summed E-state index contributed by atoms with van der Waals surface area (Å²) in [6.45, 7) is 0. The van der Waals surface area contributed by atoms with E-state index in [4.69, 9.17) is 17.3 Å². The zero-order valence-corrected chi connectivity index (χ0v) is 12.0. The molecule has 0 aromatic carbocycles. The molecule has 3 aromatic heterocycles. The number of rotatable bonds is 3. The van der Waals surface area contributed by atoms with Crippen LogP contribution in [0.1, 0.15) is 5.69 Å². The Morgan fingerprint density at radius 2 is 2.16 bits per heavy atom. The minimum absolute atomic E-state index is 0.384. The predicted octanol–water partition coefficient (Wildman–Crippen LogP) is 3.01. The first-order valence-corrected chi connectivity index (χ1v) is 7.56. The van der Waals surface area contributed by atoms with E-state index in [9.17, 15) is 0 Å². The molecule has 8 heteroatoms. The maximum absolute atomic E-state index is 5.89. The van der Waals surface area contributed by atoms with Crippen molar-refractivity contribution in [3.05, 3.63) is 34.7 Å². The van der Waals surface area contributed by atoms with Gasteiger partial charge in [0, 0.05) is 5.75 Å². The summed E-state index contributed by atoms with van der Waals surface area (Å²) in [6, 6.07) is 1.93. The summed E-state index contributed by atoms with van der Waals surface area (Å²) in [7, 11) is 0. The average Bonchev–Trinajstić information content (AvgIpc) is 2.87. The molecule has 0 bridgehead atoms. The van der Waals surface area contributed by atoms with Crippen LogP contribution < -0.4 is 5.73 Å². The van der Waals surface area contributed by atoms with Gasteiger partial charge in [-0.25, -0.2) is 15.0 Å². The number of halogens is 1. The molecular weight excluding hydrogens is 302 g/mol. The molecule has 0 fully saturated rings. The lowest BCUT2D eigenvalue weighted by molar-refractivity contribution is 1.01. The third-order valence-electron chi connectivity index (χ3n) is 2.36. The van der Waals surface area contributed by atoms with Crippen molar-refractivity contribution >= 4 is 50.7 Å². The lowest BCUT2D eigenvalue weighted by Crippen LogP contribution is -1.96. The van der Waals surface area contributed by atoms with Crippen molar-refractivity contribution < 1.29 is 0 Å². The van der Waals surface area contributed by atoms with Crippen molar-refractivity contribution in [2.45, 2.75) is 10.9 Å². The third-order valence-corrected chi connectivity index (χ3v) is 4.24. The summed E-state index contributed by atoms with van der Waals surface area (Å²) in [5.41, 5.74) is 6.71. The maximum Gasteiger partial charge on any atom is 0.191 e. The van der Waals surface area contributed by atoms with Crippen molar-refractivity contribution in [2.24, 2.45) is 0 Å². The van der Waals surface area contributed by atoms with Crippen LogP contribution in [0.5, 0.6) is 0 Å². The second kappa shape index (κ2) is 5.28. The van der Waals surface area contributed by atoms with E-state index < -0.39 is 0 Å². The first-order valence-electron chi connectivity index (χ1n) is 5.32. The SMILES string of the molecule is Nc1nc(SCc2cnc(Cl)cn2)nc2sccc12. The Labute approximate surface area is 122 Å². The lowest BCUT2D eigenvalue weighted by atomic mass is 10.4. The van der Waals surface area contributed by atoms with Crippen molar-refractivity contribution in [1.82, 2.24) is 19.9 Å². The summed E-state index contributed by atoms with van der Waals surface area (Å²) in [6.07, 6.45) is 3.16. The zero-order valence-electron chi connectivity index (χ0n) is 9.58. The van der Waals surface area contributed by atoms with Crippen LogP contribution in [0.3, 0.4) is 0 Å². The van der Waals surface area contributed by atoms with Gasteiger partial charge in [-0.2, -0.15) is 0 Å². The number of thiophene rings is 1. The van der Waals surface area contributed by atoms with Crippen molar-refractivity contribution in [1.29, 1.82) is 0 Å². The van der Waals surface area contributed by atoms with Gasteiger partial charge in [-0.1, -0.05) is 23.4 Å². The minimum atomic E-state index is 0.384. The number of nitrogen functional groups attached to an aromatic ring is 1. The number of nitrogens with two attached hydrogens (primary N) is 1. The zero-order chi connectivity index (χ0) is 13.2. The Morgan fingerprint density at radius 1 is 1.26 bits per heavy atom. The molecule has 0 aliphatic carbocycles. The highest BCUT2D eigenvalue weighted by Gasteiger charge is 2.07. The van der Waals surface area contributed by atoms with E-state index in [1.807, 2.05) is 11.4 Å². The van der Waals surface area contributed by atoms with Crippen LogP contribution in [0, 0.1) is 0 Å². The van der Waals surface area contributed by atoms with Gasteiger partial charge in [-0.15, -0.1) is 11.3 Å². The first-order chi connectivity index (χ1) is 9.22. The fourth-order valence-electron chi connectivity index (χ4n) is 1.47. The van der Waals surface area contributed by atoms with Crippen LogP contribution in [0.15, 0.2) is 29.0 Å². The first kappa shape index (κ1) is 12.6. The minimum Gasteiger partial charge on any atom is -0.383 e. The van der Waals surface area contributed by atoms with Crippen LogP contribution in [0.25, 0.3) is 10.2 Å². The molecule has 19 heavy (non-hydrogen) atoms. The summed E-state index contributed by atoms with van der Waals surface area (Å²) >= 11 is 8.70. The molecule has 3 rings (SSSR count). The molecule has 0 saturated carbocycles. The number of hydrogen-bond donors (Lipinski definition) is 1. The maximum atomic E-state index is 5.89. The van der Waals surface area contributed by atoms with E-state index in [2.05, 4.69) is 19.9 Å². The summed E-state index contributed by atoms with van der Waals surface area (Å²) in [5.74, 6) is 1.14. The van der Waals surface area contributed by atoms with Crippen molar-refractivity contribution in [2.75, 3.05) is 5.73 Å². The monoisotopic (exact) mass is 309 g/mol. The quantitative estimate of drug-likeness (QED) is 0.592. The highest BCUT2D eigenvalue weighted by Crippen LogP contribution is 2.27. The van der Waals surface area contributed by atoms with E-state index in [0.29, 0.717) is 21.9 Å². The fraction of sp³-hybridized carbons (Fsp3) is 0.0909. The second-order valence-corrected chi connectivity index (χ2v) is 5.87. The van der Waals surface area contributed by atoms with Gasteiger partial charge in [-0.3, -0.25) is 4.98 Å². The largest absolute Gasteiger partial charge is 0.383 e. The van der Waals surface area contributed by atoms with E-state index >= 15 is 0 Å². The number of anilines is 1. The summed E-state index contributed by atoms with van der Waals surface area (Å²) in [4.78, 5) is 17.8. The lowest BCUT2D eigenvalue weighted by Gasteiger charge is -2.02. The normalized spacial score (nSPS) is 11.0. The molecule has 0 aliphatic rings. The smallest absolute Gasteiger partial charge is 0.191 e. The summed E-state index contributed by atoms with van der Waals surface area (Å²) < 4.78 is 0. The van der Waals surface area contributed by atoms with Crippen LogP contribution in [0.2, 0.25) is 5.15 Å². The number of thioether (sulfide) groups is 1. The second-order valence-electron chi connectivity index (χ2n) is 3.65. The molecule has 3 heterocycles. The summed E-state index contributed by atoms with van der Waals surface area (Å²) in [5, 5.41) is 3.88. The molecule has 0 radical (unpaired) electrons. The van der Waals surface area contributed by atoms with Gasteiger partial charge in [0.2, 0.25) is 0 Å². The molecule has 0 amide bonds. The van der Waals surface area contributed by atoms with Gasteiger partial charge >= 0.3 is 0 Å². The number of hydrogen-bond acceptors (Lipinski definition) is 7. The Bertz CT molecular complexity index is 713. The molecule has 2 N–H and O–H groups in total. The highest BCUT2D eigenvalue weighted by molar-refractivity contribution is 7.98. The Morgan fingerprint density at radius 3 is 2.95 bits per heavy atom. The van der Waals surface area contributed by atoms with Gasteiger partial charge in [0.1, 0.15) is 15.8 Å². The van der Waals surface area contributed by atoms with Gasteiger partial charge in [-0.05, 0) is 11.4 Å². The molecule has 0 atom stereocenters. The van der Waals surface area contributed by atoms with E-state index in [0.717, 1.165) is 15.9 Å². The Balaban J connectivity index is 1.79. The molecular formula is C11H8ClN5S2. The molecule has 0 unspecified atom stereocenters. The molecule has 5 nitrogen and oxygen atoms in total. The molecule has 3 aromatic rings. The van der Waals surface area contributed by atoms with E-state index in [1.165, 1.54) is 18.0 Å². The number of fused-ring (bicyclic) bond motifs is 1. The Hall–Kier alpha value is -1.44. The van der Waals surface area contributed by atoms with E-state index in [1.54, 1.807) is 17.5 Å². The van der Waals surface area contributed by atoms with Gasteiger partial charge in [0.25, 0.3) is 0 Å². The van der Waals surface area contributed by atoms with Crippen LogP contribution in [0.4, 0.5) is 5.82 Å². The topological polar surface area (TPSA) is 77.6 Å². The molecule has 0 saturated heterocycles. The van der Waals surface area contributed by atoms with Crippen LogP contribution in [-0.2, 0) is 5.75 Å². The standard InChI is InChI=1S/C11H8ClN5S2/c12-8-4-14-6(3-15-8)5-19-11-16-9(13)7-1-2-18-10(7)17-11/h1-4H,5H2,(H2,13,16,17). The fourth-order valence-corrected chi connectivity index (χ4v) is 3.15. The number of aromatic nitrogens is 4.